The largest absolute Gasteiger partial charge is 0.381 e. The molecule has 126 valence electrons. The maximum atomic E-state index is 14.3. The van der Waals surface area contributed by atoms with Gasteiger partial charge in [0, 0.05) is 38.2 Å². The quantitative estimate of drug-likeness (QED) is 0.820. The zero-order chi connectivity index (χ0) is 16.7. The number of fused-ring (bicyclic) bond motifs is 1. The number of amides is 1. The van der Waals surface area contributed by atoms with Crippen molar-refractivity contribution in [1.82, 2.24) is 20.2 Å². The predicted octanol–water partition coefficient (Wildman–Crippen LogP) is 1.05. The second kappa shape index (κ2) is 5.59. The first-order valence-corrected chi connectivity index (χ1v) is 7.73. The highest BCUT2D eigenvalue weighted by Crippen LogP contribution is 2.38. The van der Waals surface area contributed by atoms with Crippen LogP contribution in [0.3, 0.4) is 0 Å². The van der Waals surface area contributed by atoms with E-state index in [-0.39, 0.29) is 30.1 Å². The van der Waals surface area contributed by atoms with Gasteiger partial charge in [0.25, 0.3) is 5.91 Å². The van der Waals surface area contributed by atoms with Crippen LogP contribution in [0.4, 0.5) is 14.5 Å². The number of anilines is 1. The number of carbonyl (C=O) groups is 1. The van der Waals surface area contributed by atoms with Crippen LogP contribution >= 0.6 is 0 Å². The lowest BCUT2D eigenvalue weighted by atomic mass is 9.88. The van der Waals surface area contributed by atoms with Crippen molar-refractivity contribution in [2.75, 3.05) is 24.7 Å². The summed E-state index contributed by atoms with van der Waals surface area (Å²) in [5.41, 5.74) is -0.775. The van der Waals surface area contributed by atoms with E-state index < -0.39 is 17.2 Å². The van der Waals surface area contributed by atoms with Crippen molar-refractivity contribution in [2.24, 2.45) is 0 Å². The normalized spacial score (nSPS) is 19.3. The minimum atomic E-state index is -1.04. The summed E-state index contributed by atoms with van der Waals surface area (Å²) >= 11 is 0. The maximum absolute atomic E-state index is 14.3. The van der Waals surface area contributed by atoms with Gasteiger partial charge in [-0.05, 0) is 29.0 Å². The third-order valence-electron chi connectivity index (χ3n) is 4.78. The molecule has 9 heteroatoms. The molecule has 1 amide bonds. The monoisotopic (exact) mass is 335 g/mol. The van der Waals surface area contributed by atoms with Gasteiger partial charge in [-0.2, -0.15) is 0 Å². The average Bonchev–Trinajstić information content (AvgIpc) is 3.28. The molecular weight excluding hydrogens is 320 g/mol. The lowest BCUT2D eigenvalue weighted by Crippen LogP contribution is -2.53. The molecule has 0 bridgehead atoms. The first kappa shape index (κ1) is 15.1. The molecule has 0 N–H and O–H groups in total. The Labute approximate surface area is 136 Å². The summed E-state index contributed by atoms with van der Waals surface area (Å²) in [7, 11) is 0. The van der Waals surface area contributed by atoms with Crippen LogP contribution in [-0.2, 0) is 21.5 Å². The highest BCUT2D eigenvalue weighted by molar-refractivity contribution is 6.00. The molecule has 1 saturated heterocycles. The molecule has 2 aliphatic rings. The summed E-state index contributed by atoms with van der Waals surface area (Å²) in [5, 5.41) is 11.1. The molecule has 0 atom stereocenters. The molecule has 1 fully saturated rings. The molecule has 1 aromatic heterocycles. The standard InChI is InChI=1S/C15H15F2N5O2/c16-11-1-2-12(17)13-10(11)3-6-21(13)14(23)15(4-7-24-8-5-15)22-9-18-19-20-22/h1-2,9H,3-8H2. The SMILES string of the molecule is O=C(N1CCc2c(F)ccc(F)c21)C1(n2cnnn2)CCOCC1. The number of carbonyl (C=O) groups excluding carboxylic acids is 1. The molecule has 0 spiro atoms. The van der Waals surface area contributed by atoms with Gasteiger partial charge in [-0.1, -0.05) is 0 Å². The summed E-state index contributed by atoms with van der Waals surface area (Å²) in [6, 6.07) is 2.14. The Balaban J connectivity index is 1.78. The third kappa shape index (κ3) is 2.11. The van der Waals surface area contributed by atoms with Crippen LogP contribution in [0.15, 0.2) is 18.5 Å². The van der Waals surface area contributed by atoms with E-state index in [4.69, 9.17) is 4.74 Å². The van der Waals surface area contributed by atoms with Gasteiger partial charge in [-0.25, -0.2) is 13.5 Å². The highest BCUT2D eigenvalue weighted by atomic mass is 19.1. The summed E-state index contributed by atoms with van der Waals surface area (Å²) < 4.78 is 35.0. The van der Waals surface area contributed by atoms with E-state index >= 15 is 0 Å². The fraction of sp³-hybridized carbons (Fsp3) is 0.467. The third-order valence-corrected chi connectivity index (χ3v) is 4.78. The van der Waals surface area contributed by atoms with Crippen molar-refractivity contribution in [3.63, 3.8) is 0 Å². The molecule has 2 aliphatic heterocycles. The van der Waals surface area contributed by atoms with Gasteiger partial charge in [-0.15, -0.1) is 5.10 Å². The van der Waals surface area contributed by atoms with Crippen LogP contribution < -0.4 is 4.90 Å². The van der Waals surface area contributed by atoms with Crippen molar-refractivity contribution < 1.29 is 18.3 Å². The number of rotatable bonds is 2. The summed E-state index contributed by atoms with van der Waals surface area (Å²) in [5.74, 6) is -1.43. The molecule has 0 aliphatic carbocycles. The molecule has 2 aromatic rings. The predicted molar refractivity (Wildman–Crippen MR) is 78.3 cm³/mol. The maximum Gasteiger partial charge on any atom is 0.255 e. The minimum absolute atomic E-state index is 0.0268. The number of benzene rings is 1. The summed E-state index contributed by atoms with van der Waals surface area (Å²) in [4.78, 5) is 14.6. The van der Waals surface area contributed by atoms with Gasteiger partial charge in [0.2, 0.25) is 0 Å². The Kier molecular flexibility index (Phi) is 3.52. The topological polar surface area (TPSA) is 73.1 Å². The van der Waals surface area contributed by atoms with Crippen molar-refractivity contribution >= 4 is 11.6 Å². The van der Waals surface area contributed by atoms with Crippen LogP contribution in [0.25, 0.3) is 0 Å². The number of hydrogen-bond donors (Lipinski definition) is 0. The average molecular weight is 335 g/mol. The first-order chi connectivity index (χ1) is 11.6. The van der Waals surface area contributed by atoms with Crippen LogP contribution in [-0.4, -0.2) is 45.9 Å². The number of hydrogen-bond acceptors (Lipinski definition) is 5. The fourth-order valence-electron chi connectivity index (χ4n) is 3.51. The van der Waals surface area contributed by atoms with E-state index in [1.54, 1.807) is 0 Å². The Morgan fingerprint density at radius 1 is 1.21 bits per heavy atom. The Morgan fingerprint density at radius 3 is 2.67 bits per heavy atom. The van der Waals surface area contributed by atoms with Gasteiger partial charge in [0.15, 0.2) is 0 Å². The Hall–Kier alpha value is -2.42. The molecule has 24 heavy (non-hydrogen) atoms. The second-order valence-corrected chi connectivity index (χ2v) is 5.96. The van der Waals surface area contributed by atoms with Gasteiger partial charge in [0.1, 0.15) is 23.5 Å². The van der Waals surface area contributed by atoms with E-state index in [0.717, 1.165) is 12.1 Å². The zero-order valence-corrected chi connectivity index (χ0v) is 12.8. The zero-order valence-electron chi connectivity index (χ0n) is 12.8. The molecular formula is C15H15F2N5O2. The highest BCUT2D eigenvalue weighted by Gasteiger charge is 2.47. The summed E-state index contributed by atoms with van der Waals surface area (Å²) in [6.45, 7) is 0.979. The molecule has 4 rings (SSSR count). The molecule has 3 heterocycles. The Bertz CT molecular complexity index is 774. The second-order valence-electron chi connectivity index (χ2n) is 5.96. The number of tetrazole rings is 1. The van der Waals surface area contributed by atoms with Gasteiger partial charge < -0.3 is 9.64 Å². The van der Waals surface area contributed by atoms with E-state index in [1.165, 1.54) is 15.9 Å². The van der Waals surface area contributed by atoms with Crippen LogP contribution in [0.5, 0.6) is 0 Å². The lowest BCUT2D eigenvalue weighted by molar-refractivity contribution is -0.133. The van der Waals surface area contributed by atoms with Crippen molar-refractivity contribution in [1.29, 1.82) is 0 Å². The van der Waals surface area contributed by atoms with Crippen molar-refractivity contribution in [3.05, 3.63) is 35.7 Å². The van der Waals surface area contributed by atoms with Gasteiger partial charge >= 0.3 is 0 Å². The van der Waals surface area contributed by atoms with Crippen molar-refractivity contribution in [3.8, 4) is 0 Å². The van der Waals surface area contributed by atoms with Crippen molar-refractivity contribution in [2.45, 2.75) is 24.8 Å². The molecule has 0 unspecified atom stereocenters. The molecule has 0 radical (unpaired) electrons. The number of ether oxygens (including phenoxy) is 1. The fourth-order valence-corrected chi connectivity index (χ4v) is 3.51. The van der Waals surface area contributed by atoms with E-state index in [9.17, 15) is 13.6 Å². The molecule has 0 saturated carbocycles. The number of halogens is 2. The van der Waals surface area contributed by atoms with Gasteiger partial charge in [0.05, 0.1) is 5.69 Å². The van der Waals surface area contributed by atoms with E-state index in [2.05, 4.69) is 15.5 Å². The minimum Gasteiger partial charge on any atom is -0.381 e. The molecule has 1 aromatic carbocycles. The summed E-state index contributed by atoms with van der Waals surface area (Å²) in [6.07, 6.45) is 2.41. The van der Waals surface area contributed by atoms with E-state index in [1.807, 2.05) is 0 Å². The van der Waals surface area contributed by atoms with Crippen LogP contribution in [0, 0.1) is 11.6 Å². The Morgan fingerprint density at radius 2 is 1.96 bits per heavy atom. The first-order valence-electron chi connectivity index (χ1n) is 7.73. The molecule has 7 nitrogen and oxygen atoms in total. The lowest BCUT2D eigenvalue weighted by Gasteiger charge is -2.38. The number of aromatic nitrogens is 4. The smallest absolute Gasteiger partial charge is 0.255 e. The van der Waals surface area contributed by atoms with Gasteiger partial charge in [-0.3, -0.25) is 4.79 Å². The number of nitrogens with zero attached hydrogens (tertiary/aromatic N) is 5. The van der Waals surface area contributed by atoms with Crippen LogP contribution in [0.2, 0.25) is 0 Å². The van der Waals surface area contributed by atoms with Crippen LogP contribution in [0.1, 0.15) is 18.4 Å². The van der Waals surface area contributed by atoms with E-state index in [0.29, 0.717) is 26.1 Å².